The van der Waals surface area contributed by atoms with Crippen LogP contribution in [-0.4, -0.2) is 18.3 Å². The lowest BCUT2D eigenvalue weighted by Gasteiger charge is -2.50. The van der Waals surface area contributed by atoms with Crippen molar-refractivity contribution in [2.75, 3.05) is 7.11 Å². The summed E-state index contributed by atoms with van der Waals surface area (Å²) in [4.78, 5) is 0. The first-order valence-electron chi connectivity index (χ1n) is 8.82. The van der Waals surface area contributed by atoms with Gasteiger partial charge in [-0.3, -0.25) is 0 Å². The number of hydrogen-bond acceptors (Lipinski definition) is 2. The highest BCUT2D eigenvalue weighted by Crippen LogP contribution is 2.61. The molecule has 0 unspecified atom stereocenters. The van der Waals surface area contributed by atoms with Crippen molar-refractivity contribution in [1.29, 1.82) is 0 Å². The molecule has 0 amide bonds. The number of benzene rings is 1. The molecule has 3 aliphatic rings. The highest BCUT2D eigenvalue weighted by atomic mass is 35.5. The summed E-state index contributed by atoms with van der Waals surface area (Å²) in [6, 6.07) is 6.60. The van der Waals surface area contributed by atoms with E-state index in [1.807, 2.05) is 0 Å². The van der Waals surface area contributed by atoms with E-state index in [0.29, 0.717) is 17.8 Å². The maximum Gasteiger partial charge on any atom is 0.119 e. The summed E-state index contributed by atoms with van der Waals surface area (Å²) in [5.41, 5.74) is 4.55. The fraction of sp³-hybridized carbons (Fsp3) is 0.600. The molecular weight excluding hydrogens is 308 g/mol. The standard InChI is InChI=1S/C20H25ClO2/c1-23-14-3-5-15-13(12-14)2-4-17-16(15)8-9-20(10-11-21)18(17)6-7-19(20)22/h3,5,10-12,16-19,22H,2,4,6-9H2,1H3/b11-10+/t16-,17-,18+,19+,20-/m1/s1. The van der Waals surface area contributed by atoms with Crippen molar-refractivity contribution in [3.63, 3.8) is 0 Å². The smallest absolute Gasteiger partial charge is 0.119 e. The van der Waals surface area contributed by atoms with E-state index < -0.39 is 0 Å². The highest BCUT2D eigenvalue weighted by molar-refractivity contribution is 6.25. The number of halogens is 1. The average Bonchev–Trinajstić information content (AvgIpc) is 2.91. The Hall–Kier alpha value is -0.990. The number of ether oxygens (including phenoxy) is 1. The van der Waals surface area contributed by atoms with Crippen LogP contribution in [0.15, 0.2) is 29.8 Å². The van der Waals surface area contributed by atoms with E-state index in [0.717, 1.165) is 37.9 Å². The van der Waals surface area contributed by atoms with Crippen molar-refractivity contribution >= 4 is 11.6 Å². The molecule has 0 saturated heterocycles. The third-order valence-electron chi connectivity index (χ3n) is 6.85. The van der Waals surface area contributed by atoms with Gasteiger partial charge in [0.1, 0.15) is 5.75 Å². The second-order valence-electron chi connectivity index (χ2n) is 7.52. The topological polar surface area (TPSA) is 29.5 Å². The molecule has 2 fully saturated rings. The van der Waals surface area contributed by atoms with Gasteiger partial charge in [0.15, 0.2) is 0 Å². The van der Waals surface area contributed by atoms with Crippen LogP contribution in [0.5, 0.6) is 5.75 Å². The molecule has 3 aliphatic carbocycles. The molecule has 4 rings (SSSR count). The minimum Gasteiger partial charge on any atom is -0.497 e. The summed E-state index contributed by atoms with van der Waals surface area (Å²) in [5.74, 6) is 2.85. The lowest BCUT2D eigenvalue weighted by Crippen LogP contribution is -2.44. The van der Waals surface area contributed by atoms with Gasteiger partial charge in [-0.05, 0) is 79.5 Å². The normalized spacial score (nSPS) is 38.9. The molecule has 1 aromatic rings. The SMILES string of the molecule is COc1ccc2c(c1)CC[C@@H]1[C@@H]2CC[C@]2(/C=C/Cl)[C@@H](O)CC[C@@H]12. The Morgan fingerprint density at radius 3 is 2.91 bits per heavy atom. The summed E-state index contributed by atoms with van der Waals surface area (Å²) in [6.45, 7) is 0. The van der Waals surface area contributed by atoms with Crippen molar-refractivity contribution in [2.24, 2.45) is 17.3 Å². The molecule has 2 nitrogen and oxygen atoms in total. The molecule has 3 heteroatoms. The number of aryl methyl sites for hydroxylation is 1. The largest absolute Gasteiger partial charge is 0.497 e. The zero-order valence-corrected chi connectivity index (χ0v) is 14.4. The molecule has 23 heavy (non-hydrogen) atoms. The molecule has 5 atom stereocenters. The van der Waals surface area contributed by atoms with E-state index in [4.69, 9.17) is 16.3 Å². The highest BCUT2D eigenvalue weighted by Gasteiger charge is 2.55. The Balaban J connectivity index is 1.69. The zero-order chi connectivity index (χ0) is 16.0. The van der Waals surface area contributed by atoms with Crippen LogP contribution < -0.4 is 4.74 Å². The van der Waals surface area contributed by atoms with Crippen molar-refractivity contribution in [3.05, 3.63) is 40.9 Å². The first-order valence-corrected chi connectivity index (χ1v) is 9.26. The van der Waals surface area contributed by atoms with E-state index in [1.54, 1.807) is 12.6 Å². The fourth-order valence-electron chi connectivity index (χ4n) is 5.82. The summed E-state index contributed by atoms with van der Waals surface area (Å²) in [6.07, 6.45) is 8.49. The Kier molecular flexibility index (Phi) is 3.93. The predicted octanol–water partition coefficient (Wildman–Crippen LogP) is 4.64. The molecule has 1 aromatic carbocycles. The van der Waals surface area contributed by atoms with Crippen LogP contribution in [0, 0.1) is 17.3 Å². The zero-order valence-electron chi connectivity index (χ0n) is 13.7. The molecule has 1 N–H and O–H groups in total. The first kappa shape index (κ1) is 15.5. The lowest BCUT2D eigenvalue weighted by molar-refractivity contribution is -0.000204. The predicted molar refractivity (Wildman–Crippen MR) is 92.9 cm³/mol. The quantitative estimate of drug-likeness (QED) is 0.854. The monoisotopic (exact) mass is 332 g/mol. The van der Waals surface area contributed by atoms with E-state index in [9.17, 15) is 5.11 Å². The van der Waals surface area contributed by atoms with E-state index in [2.05, 4.69) is 24.3 Å². The second kappa shape index (κ2) is 5.82. The van der Waals surface area contributed by atoms with Crippen LogP contribution in [0.1, 0.15) is 49.1 Å². The minimum absolute atomic E-state index is 0.0765. The minimum atomic E-state index is -0.222. The average molecular weight is 333 g/mol. The van der Waals surface area contributed by atoms with E-state index in [-0.39, 0.29) is 11.5 Å². The number of hydrogen-bond donors (Lipinski definition) is 1. The Morgan fingerprint density at radius 2 is 2.13 bits per heavy atom. The van der Waals surface area contributed by atoms with E-state index in [1.165, 1.54) is 17.5 Å². The van der Waals surface area contributed by atoms with Crippen molar-refractivity contribution < 1.29 is 9.84 Å². The van der Waals surface area contributed by atoms with Gasteiger partial charge in [0.05, 0.1) is 13.2 Å². The Bertz CT molecular complexity index is 626. The van der Waals surface area contributed by atoms with Crippen LogP contribution in [0.4, 0.5) is 0 Å². The van der Waals surface area contributed by atoms with Gasteiger partial charge < -0.3 is 9.84 Å². The van der Waals surface area contributed by atoms with Crippen molar-refractivity contribution in [2.45, 2.75) is 50.5 Å². The molecule has 0 aromatic heterocycles. The molecule has 0 aliphatic heterocycles. The summed E-state index contributed by atoms with van der Waals surface area (Å²) in [5, 5.41) is 10.6. The van der Waals surface area contributed by atoms with Crippen LogP contribution in [0.3, 0.4) is 0 Å². The molecule has 0 radical (unpaired) electrons. The molecule has 0 spiro atoms. The molecule has 2 saturated carbocycles. The van der Waals surface area contributed by atoms with Crippen LogP contribution in [-0.2, 0) is 6.42 Å². The number of aliphatic hydroxyl groups excluding tert-OH is 1. The third kappa shape index (κ3) is 2.26. The third-order valence-corrected chi connectivity index (χ3v) is 6.98. The Labute approximate surface area is 143 Å². The maximum absolute atomic E-state index is 10.6. The number of fused-ring (bicyclic) bond motifs is 5. The summed E-state index contributed by atoms with van der Waals surface area (Å²) in [7, 11) is 1.74. The van der Waals surface area contributed by atoms with Gasteiger partial charge in [-0.25, -0.2) is 0 Å². The number of aliphatic hydroxyl groups is 1. The van der Waals surface area contributed by atoms with Gasteiger partial charge in [0.25, 0.3) is 0 Å². The lowest BCUT2D eigenvalue weighted by atomic mass is 9.55. The van der Waals surface area contributed by atoms with Crippen molar-refractivity contribution in [3.8, 4) is 5.75 Å². The maximum atomic E-state index is 10.6. The molecule has 0 heterocycles. The van der Waals surface area contributed by atoms with E-state index >= 15 is 0 Å². The molecule has 0 bridgehead atoms. The second-order valence-corrected chi connectivity index (χ2v) is 7.77. The number of rotatable bonds is 2. The first-order chi connectivity index (χ1) is 11.2. The fourth-order valence-corrected chi connectivity index (χ4v) is 6.05. The summed E-state index contributed by atoms with van der Waals surface area (Å²) < 4.78 is 5.39. The Morgan fingerprint density at radius 1 is 1.26 bits per heavy atom. The van der Waals surface area contributed by atoms with Gasteiger partial charge in [-0.15, -0.1) is 0 Å². The van der Waals surface area contributed by atoms with Gasteiger partial charge >= 0.3 is 0 Å². The van der Waals surface area contributed by atoms with Gasteiger partial charge in [0, 0.05) is 11.0 Å². The number of methoxy groups -OCH3 is 1. The van der Waals surface area contributed by atoms with Gasteiger partial charge in [0.2, 0.25) is 0 Å². The van der Waals surface area contributed by atoms with Crippen LogP contribution in [0.2, 0.25) is 0 Å². The summed E-state index contributed by atoms with van der Waals surface area (Å²) >= 11 is 5.95. The molecule has 124 valence electrons. The molecular formula is C20H25ClO2. The van der Waals surface area contributed by atoms with Gasteiger partial charge in [-0.1, -0.05) is 23.7 Å². The van der Waals surface area contributed by atoms with Crippen LogP contribution >= 0.6 is 11.6 Å². The van der Waals surface area contributed by atoms with Crippen LogP contribution in [0.25, 0.3) is 0 Å². The van der Waals surface area contributed by atoms with Crippen molar-refractivity contribution in [1.82, 2.24) is 0 Å². The van der Waals surface area contributed by atoms with Gasteiger partial charge in [-0.2, -0.15) is 0 Å².